The molecule has 3 fully saturated rings. The average Bonchev–Trinajstić information content (AvgIpc) is 2.84. The van der Waals surface area contributed by atoms with E-state index >= 15 is 0 Å². The number of hydrogen-bond acceptors (Lipinski definition) is 5. The second kappa shape index (κ2) is 6.00. The van der Waals surface area contributed by atoms with Crippen LogP contribution >= 0.6 is 11.6 Å². The summed E-state index contributed by atoms with van der Waals surface area (Å²) in [6.07, 6.45) is 6.22. The number of ketones is 2. The van der Waals surface area contributed by atoms with Crippen molar-refractivity contribution in [2.24, 2.45) is 28.6 Å². The van der Waals surface area contributed by atoms with Crippen molar-refractivity contribution in [1.29, 1.82) is 0 Å². The van der Waals surface area contributed by atoms with Crippen molar-refractivity contribution in [3.8, 4) is 0 Å². The van der Waals surface area contributed by atoms with E-state index in [0.29, 0.717) is 19.3 Å². The monoisotopic (exact) mass is 408 g/mol. The van der Waals surface area contributed by atoms with E-state index < -0.39 is 39.8 Å². The highest BCUT2D eigenvalue weighted by molar-refractivity contribution is 6.26. The van der Waals surface area contributed by atoms with E-state index in [-0.39, 0.29) is 30.0 Å². The molecule has 4 aliphatic carbocycles. The van der Waals surface area contributed by atoms with Gasteiger partial charge in [-0.3, -0.25) is 9.59 Å². The maximum Gasteiger partial charge on any atom is 0.190 e. The predicted octanol–water partition coefficient (Wildman–Crippen LogP) is 2.17. The number of carbonyl (C=O) groups excluding carboxylic acids is 2. The second-order valence-corrected chi connectivity index (χ2v) is 10.4. The average molecular weight is 409 g/mol. The van der Waals surface area contributed by atoms with E-state index in [2.05, 4.69) is 0 Å². The number of rotatable bonds is 2. The quantitative estimate of drug-likeness (QED) is 0.608. The molecule has 154 valence electrons. The Balaban J connectivity index is 1.84. The first kappa shape index (κ1) is 20.3. The number of fused-ring (bicyclic) bond motifs is 5. The topological polar surface area (TPSA) is 94.8 Å². The predicted molar refractivity (Wildman–Crippen MR) is 105 cm³/mol. The molecule has 0 radical (unpaired) electrons. The lowest BCUT2D eigenvalue weighted by atomic mass is 9.45. The maximum absolute atomic E-state index is 12.6. The third-order valence-corrected chi connectivity index (χ3v) is 9.72. The van der Waals surface area contributed by atoms with Crippen LogP contribution in [-0.2, 0) is 9.59 Å². The van der Waals surface area contributed by atoms with Crippen molar-refractivity contribution in [2.75, 3.05) is 6.61 Å². The van der Waals surface area contributed by atoms with E-state index in [1.165, 1.54) is 6.08 Å². The Kier molecular flexibility index (Phi) is 4.35. The lowest BCUT2D eigenvalue weighted by Crippen LogP contribution is -2.69. The van der Waals surface area contributed by atoms with Crippen LogP contribution in [0.1, 0.15) is 46.5 Å². The molecule has 4 aliphatic rings. The van der Waals surface area contributed by atoms with Crippen LogP contribution < -0.4 is 0 Å². The molecule has 0 spiro atoms. The lowest BCUT2D eigenvalue weighted by Gasteiger charge is -2.63. The van der Waals surface area contributed by atoms with Crippen molar-refractivity contribution >= 4 is 23.2 Å². The number of halogens is 1. The number of hydrogen-bond donors (Lipinski definition) is 3. The number of Topliss-reactive ketones (excluding diaryl/α,β-unsaturated/α-hetero) is 1. The van der Waals surface area contributed by atoms with Crippen molar-refractivity contribution in [3.63, 3.8) is 0 Å². The first-order chi connectivity index (χ1) is 13.0. The standard InChI is InChI=1S/C22H29ClO5/c1-12-8-16-15-5-4-13-9-14(25)6-7-19(13,2)21(15,23)17(26)10-20(16,3)22(12,28)18(27)11-24/h6-7,9,12,15-17,24,26,28H,4-5,8,10-11H2,1-3H3/t12-,15-,16-,17-,19-,20-,21?,22-/m0/s1. The van der Waals surface area contributed by atoms with Gasteiger partial charge in [-0.25, -0.2) is 0 Å². The van der Waals surface area contributed by atoms with Crippen molar-refractivity contribution < 1.29 is 24.9 Å². The van der Waals surface area contributed by atoms with Crippen LogP contribution in [0.5, 0.6) is 0 Å². The Morgan fingerprint density at radius 2 is 2.00 bits per heavy atom. The van der Waals surface area contributed by atoms with Gasteiger partial charge in [-0.2, -0.15) is 0 Å². The Hall–Kier alpha value is -1.01. The molecule has 6 heteroatoms. The summed E-state index contributed by atoms with van der Waals surface area (Å²) in [5, 5.41) is 32.3. The van der Waals surface area contributed by atoms with Gasteiger partial charge in [0.15, 0.2) is 11.6 Å². The molecule has 0 aromatic carbocycles. The smallest absolute Gasteiger partial charge is 0.190 e. The summed E-state index contributed by atoms with van der Waals surface area (Å²) in [7, 11) is 0. The van der Waals surface area contributed by atoms with Crippen LogP contribution in [-0.4, -0.2) is 50.1 Å². The molecule has 0 heterocycles. The summed E-state index contributed by atoms with van der Waals surface area (Å²) in [6, 6.07) is 0. The SMILES string of the molecule is C[C@H]1C[C@H]2[C@@H]3CCC4=CC(=O)C=C[C@]4(C)C3(Cl)[C@@H](O)C[C@]2(C)[C@@]1(O)C(=O)CO. The van der Waals surface area contributed by atoms with Gasteiger partial charge in [0.2, 0.25) is 0 Å². The van der Waals surface area contributed by atoms with Gasteiger partial charge in [0, 0.05) is 10.8 Å². The summed E-state index contributed by atoms with van der Waals surface area (Å²) >= 11 is 7.30. The Bertz CT molecular complexity index is 805. The molecule has 5 nitrogen and oxygen atoms in total. The van der Waals surface area contributed by atoms with Crippen LogP contribution in [0.25, 0.3) is 0 Å². The number of aliphatic hydroxyl groups is 3. The summed E-state index contributed by atoms with van der Waals surface area (Å²) < 4.78 is 0. The van der Waals surface area contributed by atoms with Gasteiger partial charge in [-0.15, -0.1) is 11.6 Å². The summed E-state index contributed by atoms with van der Waals surface area (Å²) in [5.41, 5.74) is -2.25. The van der Waals surface area contributed by atoms with Crippen molar-refractivity contribution in [3.05, 3.63) is 23.8 Å². The van der Waals surface area contributed by atoms with Gasteiger partial charge >= 0.3 is 0 Å². The summed E-state index contributed by atoms with van der Waals surface area (Å²) in [5.74, 6) is -1.15. The number of alkyl halides is 1. The maximum atomic E-state index is 12.6. The minimum absolute atomic E-state index is 0.0567. The minimum Gasteiger partial charge on any atom is -0.391 e. The van der Waals surface area contributed by atoms with Gasteiger partial charge < -0.3 is 15.3 Å². The Morgan fingerprint density at radius 3 is 2.64 bits per heavy atom. The molecule has 0 aliphatic heterocycles. The van der Waals surface area contributed by atoms with Crippen LogP contribution in [0.2, 0.25) is 0 Å². The largest absolute Gasteiger partial charge is 0.391 e. The molecule has 3 N–H and O–H groups in total. The fourth-order valence-electron chi connectivity index (χ4n) is 7.26. The van der Waals surface area contributed by atoms with E-state index in [9.17, 15) is 24.9 Å². The highest BCUT2D eigenvalue weighted by Gasteiger charge is 2.74. The van der Waals surface area contributed by atoms with Crippen molar-refractivity contribution in [1.82, 2.24) is 0 Å². The molecule has 0 aromatic rings. The first-order valence-corrected chi connectivity index (χ1v) is 10.5. The summed E-state index contributed by atoms with van der Waals surface area (Å²) in [4.78, 5) is 23.5. The molecule has 0 aromatic heterocycles. The highest BCUT2D eigenvalue weighted by atomic mass is 35.5. The molecule has 0 bridgehead atoms. The molecule has 8 atom stereocenters. The Morgan fingerprint density at radius 1 is 1.32 bits per heavy atom. The molecule has 3 saturated carbocycles. The number of aliphatic hydroxyl groups excluding tert-OH is 2. The van der Waals surface area contributed by atoms with Crippen LogP contribution in [0.4, 0.5) is 0 Å². The second-order valence-electron chi connectivity index (χ2n) is 9.75. The highest BCUT2D eigenvalue weighted by Crippen LogP contribution is 2.71. The summed E-state index contributed by atoms with van der Waals surface area (Å²) in [6.45, 7) is 4.97. The van der Waals surface area contributed by atoms with Crippen LogP contribution in [0.15, 0.2) is 23.8 Å². The third kappa shape index (κ3) is 2.09. The van der Waals surface area contributed by atoms with Gasteiger partial charge in [0.25, 0.3) is 0 Å². The molecule has 0 saturated heterocycles. The van der Waals surface area contributed by atoms with Gasteiger partial charge in [0.05, 0.1) is 11.0 Å². The first-order valence-electron chi connectivity index (χ1n) is 10.1. The molecule has 28 heavy (non-hydrogen) atoms. The van der Waals surface area contributed by atoms with E-state index in [4.69, 9.17) is 11.6 Å². The van der Waals surface area contributed by atoms with E-state index in [0.717, 1.165) is 5.57 Å². The van der Waals surface area contributed by atoms with Crippen molar-refractivity contribution in [2.45, 2.75) is 63.0 Å². The normalized spacial score (nSPS) is 52.5. The van der Waals surface area contributed by atoms with E-state index in [1.54, 1.807) is 6.08 Å². The van der Waals surface area contributed by atoms with Gasteiger partial charge in [-0.1, -0.05) is 32.4 Å². The van der Waals surface area contributed by atoms with Crippen LogP contribution in [0.3, 0.4) is 0 Å². The zero-order valence-corrected chi connectivity index (χ0v) is 17.4. The fourth-order valence-corrected chi connectivity index (χ4v) is 7.78. The molecular weight excluding hydrogens is 380 g/mol. The fraction of sp³-hybridized carbons (Fsp3) is 0.727. The molecular formula is C22H29ClO5. The van der Waals surface area contributed by atoms with Gasteiger partial charge in [0.1, 0.15) is 12.2 Å². The number of carbonyl (C=O) groups is 2. The molecule has 4 rings (SSSR count). The third-order valence-electron chi connectivity index (χ3n) is 8.79. The zero-order valence-electron chi connectivity index (χ0n) is 16.6. The van der Waals surface area contributed by atoms with E-state index in [1.807, 2.05) is 26.8 Å². The van der Waals surface area contributed by atoms with Crippen LogP contribution in [0, 0.1) is 28.6 Å². The Labute approximate surface area is 170 Å². The molecule has 1 unspecified atom stereocenters. The number of allylic oxidation sites excluding steroid dienone is 4. The minimum atomic E-state index is -1.68. The molecule has 0 amide bonds. The van der Waals surface area contributed by atoms with Gasteiger partial charge in [-0.05, 0) is 55.6 Å². The lowest BCUT2D eigenvalue weighted by molar-refractivity contribution is -0.179. The zero-order chi connectivity index (χ0) is 20.7.